The van der Waals surface area contributed by atoms with Gasteiger partial charge in [-0.1, -0.05) is 34.1 Å². The van der Waals surface area contributed by atoms with Crippen molar-refractivity contribution in [1.82, 2.24) is 4.98 Å². The summed E-state index contributed by atoms with van der Waals surface area (Å²) in [4.78, 5) is 4.32. The number of pyridine rings is 1. The lowest BCUT2D eigenvalue weighted by atomic mass is 10.0. The maximum absolute atomic E-state index is 10.2. The lowest BCUT2D eigenvalue weighted by Gasteiger charge is -2.13. The Labute approximate surface area is 116 Å². The van der Waals surface area contributed by atoms with E-state index in [0.717, 1.165) is 21.3 Å². The lowest BCUT2D eigenvalue weighted by Crippen LogP contribution is -2.04. The number of aliphatic hydroxyl groups excluding tert-OH is 1. The van der Waals surface area contributed by atoms with Crippen molar-refractivity contribution in [3.63, 3.8) is 0 Å². The van der Waals surface area contributed by atoms with Crippen LogP contribution in [-0.4, -0.2) is 10.1 Å². The van der Waals surface area contributed by atoms with E-state index in [1.807, 2.05) is 50.4 Å². The minimum Gasteiger partial charge on any atom is -0.388 e. The zero-order chi connectivity index (χ0) is 13.1. The van der Waals surface area contributed by atoms with E-state index in [4.69, 9.17) is 0 Å². The molecule has 18 heavy (non-hydrogen) atoms. The zero-order valence-corrected chi connectivity index (χ0v) is 12.1. The first kappa shape index (κ1) is 13.2. The van der Waals surface area contributed by atoms with Crippen LogP contribution in [0.1, 0.15) is 28.5 Å². The van der Waals surface area contributed by atoms with Gasteiger partial charge in [-0.15, -0.1) is 0 Å². The molecule has 1 atom stereocenters. The van der Waals surface area contributed by atoms with Crippen LogP contribution < -0.4 is 0 Å². The maximum atomic E-state index is 10.2. The summed E-state index contributed by atoms with van der Waals surface area (Å²) >= 11 is 3.49. The fourth-order valence-corrected chi connectivity index (χ4v) is 2.59. The monoisotopic (exact) mass is 305 g/mol. The van der Waals surface area contributed by atoms with E-state index in [2.05, 4.69) is 20.9 Å². The van der Waals surface area contributed by atoms with Gasteiger partial charge < -0.3 is 5.11 Å². The molecule has 2 aromatic rings. The van der Waals surface area contributed by atoms with Gasteiger partial charge in [0.2, 0.25) is 0 Å². The lowest BCUT2D eigenvalue weighted by molar-refractivity contribution is 0.176. The van der Waals surface area contributed by atoms with E-state index in [-0.39, 0.29) is 0 Å². The van der Waals surface area contributed by atoms with E-state index in [1.54, 1.807) is 0 Å². The van der Waals surface area contributed by atoms with Crippen molar-refractivity contribution in [3.05, 3.63) is 63.4 Å². The number of nitrogens with zero attached hydrogens (tertiary/aromatic N) is 1. The molecule has 0 amide bonds. The van der Waals surface area contributed by atoms with Crippen molar-refractivity contribution >= 4 is 15.9 Å². The molecular formula is C15H16BrNO. The summed E-state index contributed by atoms with van der Waals surface area (Å²) in [5.41, 5.74) is 4.11. The minimum absolute atomic E-state index is 0.530. The molecule has 0 aliphatic carbocycles. The molecule has 0 aliphatic rings. The fraction of sp³-hybridized carbons (Fsp3) is 0.267. The molecule has 0 bridgehead atoms. The quantitative estimate of drug-likeness (QED) is 0.937. The summed E-state index contributed by atoms with van der Waals surface area (Å²) in [6.07, 6.45) is 1.82. The van der Waals surface area contributed by atoms with Crippen molar-refractivity contribution < 1.29 is 5.11 Å². The Morgan fingerprint density at radius 3 is 2.50 bits per heavy atom. The first-order valence-corrected chi connectivity index (χ1v) is 6.71. The first-order chi connectivity index (χ1) is 8.56. The second-order valence-corrected chi connectivity index (χ2v) is 5.43. The number of aromatic nitrogens is 1. The van der Waals surface area contributed by atoms with Crippen LogP contribution in [-0.2, 0) is 6.42 Å². The zero-order valence-electron chi connectivity index (χ0n) is 10.5. The molecule has 0 aliphatic heterocycles. The number of benzene rings is 1. The van der Waals surface area contributed by atoms with Crippen LogP contribution in [0.25, 0.3) is 0 Å². The van der Waals surface area contributed by atoms with Gasteiger partial charge in [-0.2, -0.15) is 0 Å². The van der Waals surface area contributed by atoms with Gasteiger partial charge in [-0.3, -0.25) is 4.98 Å². The van der Waals surface area contributed by atoms with Crippen LogP contribution in [0.3, 0.4) is 0 Å². The summed E-state index contributed by atoms with van der Waals surface area (Å²) in [7, 11) is 0. The highest BCUT2D eigenvalue weighted by Gasteiger charge is 2.12. The number of hydrogen-bond donors (Lipinski definition) is 1. The van der Waals surface area contributed by atoms with Crippen LogP contribution >= 0.6 is 15.9 Å². The Balaban J connectivity index is 2.16. The number of hydrogen-bond acceptors (Lipinski definition) is 2. The molecule has 1 aromatic carbocycles. The molecule has 2 rings (SSSR count). The van der Waals surface area contributed by atoms with Gasteiger partial charge in [0.25, 0.3) is 0 Å². The van der Waals surface area contributed by atoms with Gasteiger partial charge in [0.05, 0.1) is 6.10 Å². The van der Waals surface area contributed by atoms with Gasteiger partial charge >= 0.3 is 0 Å². The number of halogens is 1. The minimum atomic E-state index is -0.532. The van der Waals surface area contributed by atoms with Crippen LogP contribution in [0.4, 0.5) is 0 Å². The number of aryl methyl sites for hydroxylation is 2. The SMILES string of the molecule is Cc1ccc(CC(O)c2ccc(C)cc2Br)nc1. The van der Waals surface area contributed by atoms with Crippen LogP contribution in [0.5, 0.6) is 0 Å². The molecule has 0 fully saturated rings. The Hall–Kier alpha value is -1.19. The molecular weight excluding hydrogens is 290 g/mol. The molecule has 1 unspecified atom stereocenters. The predicted octanol–water partition coefficient (Wildman–Crippen LogP) is 3.74. The van der Waals surface area contributed by atoms with Gasteiger partial charge in [-0.25, -0.2) is 0 Å². The molecule has 0 saturated carbocycles. The molecule has 1 aromatic heterocycles. The third-order valence-corrected chi connectivity index (χ3v) is 3.58. The number of rotatable bonds is 3. The van der Waals surface area contributed by atoms with Crippen LogP contribution in [0.15, 0.2) is 41.0 Å². The van der Waals surface area contributed by atoms with Gasteiger partial charge in [0.15, 0.2) is 0 Å². The molecule has 3 heteroatoms. The van der Waals surface area contributed by atoms with Crippen molar-refractivity contribution in [1.29, 1.82) is 0 Å². The van der Waals surface area contributed by atoms with E-state index in [9.17, 15) is 5.11 Å². The van der Waals surface area contributed by atoms with E-state index in [0.29, 0.717) is 6.42 Å². The van der Waals surface area contributed by atoms with Crippen molar-refractivity contribution in [2.75, 3.05) is 0 Å². The third kappa shape index (κ3) is 3.18. The predicted molar refractivity (Wildman–Crippen MR) is 76.5 cm³/mol. The largest absolute Gasteiger partial charge is 0.388 e. The summed E-state index contributed by atoms with van der Waals surface area (Å²) in [6.45, 7) is 4.03. The average molecular weight is 306 g/mol. The third-order valence-electron chi connectivity index (χ3n) is 2.89. The second kappa shape index (κ2) is 5.63. The summed E-state index contributed by atoms with van der Waals surface area (Å²) < 4.78 is 0.946. The Morgan fingerprint density at radius 1 is 1.17 bits per heavy atom. The Morgan fingerprint density at radius 2 is 1.89 bits per heavy atom. The molecule has 1 N–H and O–H groups in total. The normalized spacial score (nSPS) is 12.4. The summed E-state index contributed by atoms with van der Waals surface area (Å²) in [5, 5.41) is 10.2. The molecule has 0 saturated heterocycles. The fourth-order valence-electron chi connectivity index (χ4n) is 1.83. The highest BCUT2D eigenvalue weighted by atomic mass is 79.9. The highest BCUT2D eigenvalue weighted by molar-refractivity contribution is 9.10. The summed E-state index contributed by atoms with van der Waals surface area (Å²) in [5.74, 6) is 0. The average Bonchev–Trinajstić information content (AvgIpc) is 2.32. The van der Waals surface area contributed by atoms with E-state index in [1.165, 1.54) is 5.56 Å². The molecule has 2 nitrogen and oxygen atoms in total. The van der Waals surface area contributed by atoms with Gasteiger partial charge in [-0.05, 0) is 42.7 Å². The Bertz CT molecular complexity index is 537. The topological polar surface area (TPSA) is 33.1 Å². The summed E-state index contributed by atoms with van der Waals surface area (Å²) in [6, 6.07) is 9.95. The standard InChI is InChI=1S/C15H16BrNO/c1-10-4-6-13(14(16)7-10)15(18)8-12-5-3-11(2)9-17-12/h3-7,9,15,18H,8H2,1-2H3. The Kier molecular flexibility index (Phi) is 4.15. The van der Waals surface area contributed by atoms with E-state index >= 15 is 0 Å². The molecule has 0 spiro atoms. The highest BCUT2D eigenvalue weighted by Crippen LogP contribution is 2.26. The molecule has 1 heterocycles. The number of aliphatic hydroxyl groups is 1. The first-order valence-electron chi connectivity index (χ1n) is 5.92. The molecule has 94 valence electrons. The van der Waals surface area contributed by atoms with E-state index < -0.39 is 6.10 Å². The van der Waals surface area contributed by atoms with Crippen molar-refractivity contribution in [2.24, 2.45) is 0 Å². The van der Waals surface area contributed by atoms with Gasteiger partial charge in [0, 0.05) is 22.8 Å². The van der Waals surface area contributed by atoms with Crippen LogP contribution in [0, 0.1) is 13.8 Å². The molecule has 0 radical (unpaired) electrons. The van der Waals surface area contributed by atoms with Gasteiger partial charge in [0.1, 0.15) is 0 Å². The maximum Gasteiger partial charge on any atom is 0.0856 e. The van der Waals surface area contributed by atoms with Crippen molar-refractivity contribution in [2.45, 2.75) is 26.4 Å². The second-order valence-electron chi connectivity index (χ2n) is 4.57. The van der Waals surface area contributed by atoms with Crippen molar-refractivity contribution in [3.8, 4) is 0 Å². The van der Waals surface area contributed by atoms with Crippen LogP contribution in [0.2, 0.25) is 0 Å². The smallest absolute Gasteiger partial charge is 0.0856 e.